The van der Waals surface area contributed by atoms with Gasteiger partial charge < -0.3 is 15.2 Å². The van der Waals surface area contributed by atoms with Gasteiger partial charge in [-0.15, -0.1) is 0 Å². The molecule has 3 nitrogen and oxygen atoms in total. The van der Waals surface area contributed by atoms with Gasteiger partial charge in [-0.2, -0.15) is 0 Å². The summed E-state index contributed by atoms with van der Waals surface area (Å²) in [4.78, 5) is 0. The van der Waals surface area contributed by atoms with Gasteiger partial charge in [0, 0.05) is 18.2 Å². The molecule has 1 aromatic carbocycles. The molecule has 4 rings (SSSR count). The fourth-order valence-electron chi connectivity index (χ4n) is 3.79. The van der Waals surface area contributed by atoms with Crippen LogP contribution >= 0.6 is 0 Å². The summed E-state index contributed by atoms with van der Waals surface area (Å²) in [6, 6.07) is 6.84. The first-order valence-electron chi connectivity index (χ1n) is 8.32. The molecule has 1 aromatic rings. The summed E-state index contributed by atoms with van der Waals surface area (Å²) in [6.07, 6.45) is 4.82. The topological polar surface area (TPSA) is 41.5 Å². The lowest BCUT2D eigenvalue weighted by Crippen LogP contribution is -2.35. The van der Waals surface area contributed by atoms with Gasteiger partial charge >= 0.3 is 0 Å². The number of nitrogens with one attached hydrogen (secondary N) is 1. The second-order valence-corrected chi connectivity index (χ2v) is 6.84. The summed E-state index contributed by atoms with van der Waals surface area (Å²) in [5.74, 6) is 2.42. The van der Waals surface area contributed by atoms with Crippen molar-refractivity contribution < 1.29 is 9.84 Å². The summed E-state index contributed by atoms with van der Waals surface area (Å²) in [5.41, 5.74) is 2.94. The molecule has 0 saturated heterocycles. The third-order valence-electron chi connectivity index (χ3n) is 4.87. The fourth-order valence-corrected chi connectivity index (χ4v) is 3.79. The van der Waals surface area contributed by atoms with Gasteiger partial charge in [-0.3, -0.25) is 0 Å². The van der Waals surface area contributed by atoms with E-state index in [1.807, 2.05) is 0 Å². The summed E-state index contributed by atoms with van der Waals surface area (Å²) < 4.78 is 5.96. The van der Waals surface area contributed by atoms with Gasteiger partial charge in [-0.1, -0.05) is 26.0 Å². The molecule has 2 N–H and O–H groups in total. The van der Waals surface area contributed by atoms with Crippen LogP contribution in [0.15, 0.2) is 18.2 Å². The molecule has 116 valence electrons. The van der Waals surface area contributed by atoms with E-state index in [9.17, 15) is 5.11 Å². The highest BCUT2D eigenvalue weighted by Gasteiger charge is 2.34. The Balaban J connectivity index is 1.66. The third-order valence-corrected chi connectivity index (χ3v) is 4.87. The second-order valence-electron chi connectivity index (χ2n) is 6.84. The molecule has 1 saturated carbocycles. The van der Waals surface area contributed by atoms with Crippen LogP contribution in [0.2, 0.25) is 0 Å². The van der Waals surface area contributed by atoms with Crippen molar-refractivity contribution in [1.82, 2.24) is 5.32 Å². The van der Waals surface area contributed by atoms with Gasteiger partial charge in [0.1, 0.15) is 18.5 Å². The highest BCUT2D eigenvalue weighted by Crippen LogP contribution is 2.52. The first-order valence-corrected chi connectivity index (χ1v) is 8.32. The zero-order chi connectivity index (χ0) is 14.8. The molecule has 3 aliphatic rings. The number of hydrogen-bond donors (Lipinski definition) is 2. The maximum atomic E-state index is 10.0. The minimum atomic E-state index is -0.455. The van der Waals surface area contributed by atoms with Gasteiger partial charge in [0.2, 0.25) is 0 Å². The van der Waals surface area contributed by atoms with Crippen LogP contribution in [0.5, 0.6) is 5.75 Å². The summed E-state index contributed by atoms with van der Waals surface area (Å²) in [7, 11) is 0. The normalized spacial score (nSPS) is 25.0. The summed E-state index contributed by atoms with van der Waals surface area (Å²) in [5, 5.41) is 13.2. The molecule has 0 aromatic heterocycles. The van der Waals surface area contributed by atoms with E-state index in [4.69, 9.17) is 4.74 Å². The Labute approximate surface area is 127 Å². The van der Waals surface area contributed by atoms with E-state index in [2.05, 4.69) is 37.4 Å². The van der Waals surface area contributed by atoms with Gasteiger partial charge in [0.15, 0.2) is 0 Å². The zero-order valence-electron chi connectivity index (χ0n) is 13.1. The van der Waals surface area contributed by atoms with Gasteiger partial charge in [-0.05, 0) is 49.1 Å². The van der Waals surface area contributed by atoms with E-state index in [1.54, 1.807) is 0 Å². The van der Waals surface area contributed by atoms with Gasteiger partial charge in [-0.25, -0.2) is 0 Å². The highest BCUT2D eigenvalue weighted by molar-refractivity contribution is 5.47. The molecule has 1 fully saturated rings. The highest BCUT2D eigenvalue weighted by atomic mass is 16.5. The molecule has 0 aliphatic heterocycles. The quantitative estimate of drug-likeness (QED) is 0.845. The van der Waals surface area contributed by atoms with Crippen LogP contribution in [-0.4, -0.2) is 30.4 Å². The third kappa shape index (κ3) is 3.24. The molecular formula is C18H27NO2. The Morgan fingerprint density at radius 3 is 2.62 bits per heavy atom. The molecule has 0 radical (unpaired) electrons. The molecule has 0 heterocycles. The van der Waals surface area contributed by atoms with Crippen LogP contribution in [0.25, 0.3) is 0 Å². The fraction of sp³-hybridized carbons (Fsp3) is 0.667. The number of benzene rings is 1. The van der Waals surface area contributed by atoms with Crippen LogP contribution in [0.3, 0.4) is 0 Å². The van der Waals surface area contributed by atoms with E-state index in [-0.39, 0.29) is 0 Å². The van der Waals surface area contributed by atoms with Crippen LogP contribution in [0.4, 0.5) is 0 Å². The van der Waals surface area contributed by atoms with Gasteiger partial charge in [0.05, 0.1) is 0 Å². The van der Waals surface area contributed by atoms with Crippen molar-refractivity contribution in [2.24, 2.45) is 0 Å². The van der Waals surface area contributed by atoms with Crippen LogP contribution in [-0.2, 0) is 0 Å². The van der Waals surface area contributed by atoms with Gasteiger partial charge in [0.25, 0.3) is 0 Å². The summed E-state index contributed by atoms with van der Waals surface area (Å²) >= 11 is 0. The molecule has 3 aliphatic carbocycles. The minimum absolute atomic E-state index is 0.369. The predicted octanol–water partition coefficient (Wildman–Crippen LogP) is 3.18. The van der Waals surface area contributed by atoms with E-state index < -0.39 is 6.10 Å². The molecule has 3 heteroatoms. The molecule has 1 atom stereocenters. The molecule has 0 spiro atoms. The average Bonchev–Trinajstić information content (AvgIpc) is 2.52. The Morgan fingerprint density at radius 2 is 1.90 bits per heavy atom. The van der Waals surface area contributed by atoms with Crippen LogP contribution in [0.1, 0.15) is 62.5 Å². The van der Waals surface area contributed by atoms with Crippen molar-refractivity contribution in [2.75, 3.05) is 13.2 Å². The zero-order valence-corrected chi connectivity index (χ0v) is 13.1. The van der Waals surface area contributed by atoms with Crippen molar-refractivity contribution in [2.45, 2.75) is 63.5 Å². The van der Waals surface area contributed by atoms with Crippen LogP contribution in [0, 0.1) is 0 Å². The number of aliphatic hydroxyl groups is 1. The Hall–Kier alpha value is -1.06. The molecular weight excluding hydrogens is 262 g/mol. The largest absolute Gasteiger partial charge is 0.491 e. The van der Waals surface area contributed by atoms with Crippen molar-refractivity contribution in [1.29, 1.82) is 0 Å². The Morgan fingerprint density at radius 1 is 1.19 bits per heavy atom. The number of ether oxygens (including phenoxy) is 1. The van der Waals surface area contributed by atoms with E-state index in [1.165, 1.54) is 36.8 Å². The smallest absolute Gasteiger partial charge is 0.123 e. The van der Waals surface area contributed by atoms with Crippen molar-refractivity contribution >= 4 is 0 Å². The van der Waals surface area contributed by atoms with E-state index in [0.29, 0.717) is 25.1 Å². The number of fused-ring (bicyclic) bond motifs is 2. The van der Waals surface area contributed by atoms with Crippen molar-refractivity contribution in [3.8, 4) is 5.75 Å². The standard InChI is InChI=1S/C18H27NO2/c1-12(2)19-10-15(20)11-21-17-5-3-4-16-13-6-8-14(9-7-13)18(16)17/h3-5,12-15,19-20H,6-11H2,1-2H3. The van der Waals surface area contributed by atoms with E-state index >= 15 is 0 Å². The monoisotopic (exact) mass is 289 g/mol. The average molecular weight is 289 g/mol. The maximum Gasteiger partial charge on any atom is 0.123 e. The number of rotatable bonds is 6. The maximum absolute atomic E-state index is 10.0. The Kier molecular flexibility index (Phi) is 4.51. The predicted molar refractivity (Wildman–Crippen MR) is 85.0 cm³/mol. The molecule has 2 bridgehead atoms. The SMILES string of the molecule is CC(C)NCC(O)COc1cccc2c1C1CCC2CC1. The van der Waals surface area contributed by atoms with E-state index in [0.717, 1.165) is 11.7 Å². The number of aliphatic hydroxyl groups excluding tert-OH is 1. The molecule has 1 unspecified atom stereocenters. The lowest BCUT2D eigenvalue weighted by atomic mass is 9.67. The first kappa shape index (κ1) is 14.9. The molecule has 0 amide bonds. The van der Waals surface area contributed by atoms with Crippen molar-refractivity contribution in [3.63, 3.8) is 0 Å². The first-order chi connectivity index (χ1) is 10.1. The minimum Gasteiger partial charge on any atom is -0.491 e. The van der Waals surface area contributed by atoms with Crippen LogP contribution < -0.4 is 10.1 Å². The lowest BCUT2D eigenvalue weighted by Gasteiger charge is -2.39. The summed E-state index contributed by atoms with van der Waals surface area (Å²) in [6.45, 7) is 5.11. The lowest BCUT2D eigenvalue weighted by molar-refractivity contribution is 0.103. The second kappa shape index (κ2) is 6.37. The molecule has 21 heavy (non-hydrogen) atoms. The number of hydrogen-bond acceptors (Lipinski definition) is 3. The Bertz CT molecular complexity index is 478. The van der Waals surface area contributed by atoms with Crippen molar-refractivity contribution in [3.05, 3.63) is 29.3 Å².